The number of halogens is 1. The fraction of sp³-hybridized carbons (Fsp3) is 0.536. The van der Waals surface area contributed by atoms with Gasteiger partial charge in [-0.05, 0) is 99.6 Å². The largest absolute Gasteiger partial charge is 0.390 e. The van der Waals surface area contributed by atoms with Crippen molar-refractivity contribution >= 4 is 17.3 Å². The lowest BCUT2D eigenvalue weighted by Crippen LogP contribution is -2.66. The highest BCUT2D eigenvalue weighted by molar-refractivity contribution is 6.04. The fourth-order valence-electron chi connectivity index (χ4n) is 7.70. The maximum atomic E-state index is 13.9. The van der Waals surface area contributed by atoms with Crippen LogP contribution in [0, 0.1) is 17.7 Å². The number of hydrogen-bond donors (Lipinski definition) is 3. The third-order valence-corrected chi connectivity index (χ3v) is 8.64. The lowest BCUT2D eigenvalue weighted by atomic mass is 9.51. The molecule has 5 aliphatic rings. The first-order valence-electron chi connectivity index (χ1n) is 12.8. The molecule has 3 N–H and O–H groups in total. The summed E-state index contributed by atoms with van der Waals surface area (Å²) in [6.07, 6.45) is 8.97. The highest BCUT2D eigenvalue weighted by Gasteiger charge is 2.57. The van der Waals surface area contributed by atoms with E-state index in [0.29, 0.717) is 23.6 Å². The van der Waals surface area contributed by atoms with Gasteiger partial charge in [0, 0.05) is 36.0 Å². The summed E-state index contributed by atoms with van der Waals surface area (Å²) < 4.78 is 13.9. The number of hydrogen-bond acceptors (Lipinski definition) is 4. The Hall–Kier alpha value is -2.44. The third-order valence-electron chi connectivity index (χ3n) is 8.64. The molecule has 1 saturated heterocycles. The Morgan fingerprint density at radius 2 is 1.65 bits per heavy atom. The van der Waals surface area contributed by atoms with E-state index in [9.17, 15) is 14.3 Å². The summed E-state index contributed by atoms with van der Waals surface area (Å²) >= 11 is 0. The minimum atomic E-state index is -0.518. The van der Waals surface area contributed by atoms with E-state index in [1.807, 2.05) is 24.3 Å². The van der Waals surface area contributed by atoms with Crippen LogP contribution in [0.5, 0.6) is 0 Å². The van der Waals surface area contributed by atoms with Crippen LogP contribution in [0.4, 0.5) is 15.8 Å². The van der Waals surface area contributed by atoms with Crippen molar-refractivity contribution in [3.05, 3.63) is 59.9 Å². The SMILES string of the molecule is O=C(Nc1ccc(N2CCC(NC34CC5CC(CC(O)(C5)C3)C4)CC2)cc1)c1ccccc1F. The average molecular weight is 464 g/mol. The molecule has 2 atom stereocenters. The lowest BCUT2D eigenvalue weighted by molar-refractivity contribution is -0.144. The van der Waals surface area contributed by atoms with Gasteiger partial charge in [0.2, 0.25) is 0 Å². The van der Waals surface area contributed by atoms with Crippen LogP contribution < -0.4 is 15.5 Å². The molecule has 0 spiro atoms. The highest BCUT2D eigenvalue weighted by Crippen LogP contribution is 2.57. The minimum Gasteiger partial charge on any atom is -0.390 e. The van der Waals surface area contributed by atoms with Crippen LogP contribution in [0.2, 0.25) is 0 Å². The van der Waals surface area contributed by atoms with Gasteiger partial charge >= 0.3 is 0 Å². The summed E-state index contributed by atoms with van der Waals surface area (Å²) in [5, 5.41) is 17.9. The van der Waals surface area contributed by atoms with E-state index in [1.54, 1.807) is 12.1 Å². The minimum absolute atomic E-state index is 0.0484. The van der Waals surface area contributed by atoms with Gasteiger partial charge in [0.1, 0.15) is 5.82 Å². The molecular weight excluding hydrogens is 429 g/mol. The zero-order valence-corrected chi connectivity index (χ0v) is 19.6. The normalized spacial score (nSPS) is 32.7. The molecule has 2 unspecified atom stereocenters. The number of piperidine rings is 1. The summed E-state index contributed by atoms with van der Waals surface area (Å²) in [7, 11) is 0. The van der Waals surface area contributed by atoms with Gasteiger partial charge in [-0.25, -0.2) is 4.39 Å². The molecule has 180 valence electrons. The number of carbonyl (C=O) groups is 1. The molecule has 0 aromatic heterocycles. The molecule has 7 rings (SSSR count). The van der Waals surface area contributed by atoms with Crippen molar-refractivity contribution in [2.75, 3.05) is 23.3 Å². The first kappa shape index (κ1) is 22.1. The van der Waals surface area contributed by atoms with Gasteiger partial charge in [-0.1, -0.05) is 12.1 Å². The molecule has 4 saturated carbocycles. The standard InChI is InChI=1S/C28H34FN3O2/c29-25-4-2-1-3-24(25)26(33)30-21-5-7-23(8-6-21)32-11-9-22(10-12-32)31-27-14-19-13-20(15-27)17-28(34,16-19)18-27/h1-8,19-20,22,31,34H,9-18H2,(H,30,33). The molecule has 5 fully saturated rings. The second kappa shape index (κ2) is 8.35. The van der Waals surface area contributed by atoms with E-state index in [1.165, 1.54) is 31.4 Å². The molecule has 4 aliphatic carbocycles. The van der Waals surface area contributed by atoms with Gasteiger partial charge in [0.15, 0.2) is 0 Å². The van der Waals surface area contributed by atoms with Crippen molar-refractivity contribution in [2.24, 2.45) is 11.8 Å². The molecule has 0 radical (unpaired) electrons. The molecule has 2 aromatic carbocycles. The Labute approximate surface area is 200 Å². The van der Waals surface area contributed by atoms with Crippen molar-refractivity contribution < 1.29 is 14.3 Å². The van der Waals surface area contributed by atoms with Gasteiger partial charge in [-0.3, -0.25) is 4.79 Å². The monoisotopic (exact) mass is 463 g/mol. The number of nitrogens with one attached hydrogen (secondary N) is 2. The van der Waals surface area contributed by atoms with Crippen molar-refractivity contribution in [3.63, 3.8) is 0 Å². The Bertz CT molecular complexity index is 1050. The van der Waals surface area contributed by atoms with Crippen LogP contribution in [-0.2, 0) is 0 Å². The number of aliphatic hydroxyl groups is 1. The Kier molecular flexibility index (Phi) is 5.41. The summed E-state index contributed by atoms with van der Waals surface area (Å²) in [5.41, 5.74) is 1.59. The average Bonchev–Trinajstić information content (AvgIpc) is 2.78. The second-order valence-corrected chi connectivity index (χ2v) is 11.4. The predicted octanol–water partition coefficient (Wildman–Crippen LogP) is 4.72. The maximum Gasteiger partial charge on any atom is 0.258 e. The van der Waals surface area contributed by atoms with E-state index < -0.39 is 17.3 Å². The Balaban J connectivity index is 1.04. The van der Waals surface area contributed by atoms with Gasteiger partial charge in [-0.2, -0.15) is 0 Å². The van der Waals surface area contributed by atoms with Crippen LogP contribution in [0.3, 0.4) is 0 Å². The number of carbonyl (C=O) groups excluding carboxylic acids is 1. The predicted molar refractivity (Wildman–Crippen MR) is 132 cm³/mol. The highest BCUT2D eigenvalue weighted by atomic mass is 19.1. The van der Waals surface area contributed by atoms with Gasteiger partial charge in [-0.15, -0.1) is 0 Å². The Morgan fingerprint density at radius 3 is 2.29 bits per heavy atom. The van der Waals surface area contributed by atoms with Crippen LogP contribution in [0.1, 0.15) is 61.7 Å². The molecule has 1 amide bonds. The molecule has 1 aliphatic heterocycles. The Morgan fingerprint density at radius 1 is 0.971 bits per heavy atom. The number of nitrogens with zero attached hydrogens (tertiary/aromatic N) is 1. The summed E-state index contributed by atoms with van der Waals surface area (Å²) in [6.45, 7) is 1.98. The van der Waals surface area contributed by atoms with Gasteiger partial charge in [0.25, 0.3) is 5.91 Å². The van der Waals surface area contributed by atoms with E-state index in [0.717, 1.165) is 50.9 Å². The third kappa shape index (κ3) is 4.22. The first-order chi connectivity index (χ1) is 16.4. The summed E-state index contributed by atoms with van der Waals surface area (Å²) in [4.78, 5) is 14.8. The van der Waals surface area contributed by atoms with Crippen molar-refractivity contribution in [1.82, 2.24) is 5.32 Å². The summed E-state index contributed by atoms with van der Waals surface area (Å²) in [6, 6.07) is 14.3. The lowest BCUT2D eigenvalue weighted by Gasteiger charge is -2.61. The van der Waals surface area contributed by atoms with E-state index >= 15 is 0 Å². The van der Waals surface area contributed by atoms with E-state index in [-0.39, 0.29) is 11.1 Å². The molecule has 5 nitrogen and oxygen atoms in total. The van der Waals surface area contributed by atoms with Crippen molar-refractivity contribution in [1.29, 1.82) is 0 Å². The molecular formula is C28H34FN3O2. The van der Waals surface area contributed by atoms with Gasteiger partial charge in [0.05, 0.1) is 11.2 Å². The topological polar surface area (TPSA) is 64.6 Å². The quantitative estimate of drug-likeness (QED) is 0.600. The molecule has 1 heterocycles. The molecule has 2 aromatic rings. The van der Waals surface area contributed by atoms with Crippen molar-refractivity contribution in [2.45, 2.75) is 68.5 Å². The second-order valence-electron chi connectivity index (χ2n) is 11.4. The van der Waals surface area contributed by atoms with Gasteiger partial charge < -0.3 is 20.6 Å². The van der Waals surface area contributed by atoms with Crippen molar-refractivity contribution in [3.8, 4) is 0 Å². The maximum absolute atomic E-state index is 13.9. The first-order valence-corrected chi connectivity index (χ1v) is 12.8. The van der Waals surface area contributed by atoms with E-state index in [4.69, 9.17) is 0 Å². The zero-order chi connectivity index (χ0) is 23.3. The van der Waals surface area contributed by atoms with E-state index in [2.05, 4.69) is 15.5 Å². The zero-order valence-electron chi connectivity index (χ0n) is 19.6. The summed E-state index contributed by atoms with van der Waals surface area (Å²) in [5.74, 6) is 0.454. The molecule has 34 heavy (non-hydrogen) atoms. The smallest absolute Gasteiger partial charge is 0.258 e. The van der Waals surface area contributed by atoms with Crippen LogP contribution in [-0.4, -0.2) is 41.3 Å². The van der Waals surface area contributed by atoms with Crippen LogP contribution in [0.15, 0.2) is 48.5 Å². The fourth-order valence-corrected chi connectivity index (χ4v) is 7.70. The molecule has 4 bridgehead atoms. The number of anilines is 2. The number of benzene rings is 2. The van der Waals surface area contributed by atoms with Crippen LogP contribution in [0.25, 0.3) is 0 Å². The number of rotatable bonds is 5. The van der Waals surface area contributed by atoms with Crippen LogP contribution >= 0.6 is 0 Å². The number of amides is 1. The molecule has 6 heteroatoms.